The Morgan fingerprint density at radius 1 is 0.977 bits per heavy atom. The van der Waals surface area contributed by atoms with Crippen LogP contribution in [0.15, 0.2) is 101 Å². The number of carbonyl (C=O) groups is 2. The molecule has 0 aliphatic carbocycles. The molecule has 0 radical (unpaired) electrons. The van der Waals surface area contributed by atoms with Crippen molar-refractivity contribution in [1.29, 1.82) is 0 Å². The molecule has 5 aromatic rings. The normalized spacial score (nSPS) is 11.0. The van der Waals surface area contributed by atoms with E-state index in [0.29, 0.717) is 22.1 Å². The SMILES string of the molecule is Cc1ccc(C)n1-c1ccc(OCc2ccc(C(=O)N/N=C/c3cc(Cl)ccc3OC(=O)c3ccc([N+](=O)[O-])cc3)o2)cc1. The van der Waals surface area contributed by atoms with Crippen LogP contribution in [0.4, 0.5) is 5.69 Å². The summed E-state index contributed by atoms with van der Waals surface area (Å²) in [4.78, 5) is 35.4. The highest BCUT2D eigenvalue weighted by molar-refractivity contribution is 6.31. The van der Waals surface area contributed by atoms with Crippen LogP contribution in [-0.4, -0.2) is 27.6 Å². The Labute approximate surface area is 256 Å². The maximum atomic E-state index is 12.6. The lowest BCUT2D eigenvalue weighted by Crippen LogP contribution is -2.17. The molecule has 0 fully saturated rings. The number of non-ortho nitro benzene ring substituents is 1. The molecular weight excluding hydrogens is 588 g/mol. The van der Waals surface area contributed by atoms with Gasteiger partial charge in [0.05, 0.1) is 16.7 Å². The van der Waals surface area contributed by atoms with Crippen molar-refractivity contribution in [3.05, 3.63) is 140 Å². The van der Waals surface area contributed by atoms with Crippen LogP contribution < -0.4 is 14.9 Å². The number of nitro benzene ring substituents is 1. The van der Waals surface area contributed by atoms with E-state index in [9.17, 15) is 19.7 Å². The van der Waals surface area contributed by atoms with Gasteiger partial charge in [0.1, 0.15) is 23.9 Å². The average Bonchev–Trinajstić information content (AvgIpc) is 3.63. The van der Waals surface area contributed by atoms with Gasteiger partial charge in [0.15, 0.2) is 5.76 Å². The molecule has 0 unspecified atom stereocenters. The Balaban J connectivity index is 1.17. The minimum Gasteiger partial charge on any atom is -0.486 e. The van der Waals surface area contributed by atoms with E-state index in [1.165, 1.54) is 54.7 Å². The van der Waals surface area contributed by atoms with Gasteiger partial charge < -0.3 is 18.5 Å². The number of benzene rings is 3. The molecule has 5 rings (SSSR count). The fraction of sp³-hybridized carbons (Fsp3) is 0.0938. The van der Waals surface area contributed by atoms with E-state index < -0.39 is 16.8 Å². The third-order valence-electron chi connectivity index (χ3n) is 6.49. The highest BCUT2D eigenvalue weighted by Crippen LogP contribution is 2.24. The highest BCUT2D eigenvalue weighted by Gasteiger charge is 2.15. The van der Waals surface area contributed by atoms with Crippen molar-refractivity contribution >= 4 is 35.4 Å². The first-order chi connectivity index (χ1) is 21.2. The van der Waals surface area contributed by atoms with Crippen LogP contribution in [0, 0.1) is 24.0 Å². The summed E-state index contributed by atoms with van der Waals surface area (Å²) in [5.41, 5.74) is 5.92. The van der Waals surface area contributed by atoms with Crippen molar-refractivity contribution in [3.63, 3.8) is 0 Å². The number of aryl methyl sites for hydroxylation is 2. The van der Waals surface area contributed by atoms with Crippen molar-refractivity contribution in [2.75, 3.05) is 0 Å². The van der Waals surface area contributed by atoms with Crippen molar-refractivity contribution < 1.29 is 28.4 Å². The van der Waals surface area contributed by atoms with Crippen LogP contribution in [0.3, 0.4) is 0 Å². The summed E-state index contributed by atoms with van der Waals surface area (Å²) in [6.45, 7) is 4.21. The van der Waals surface area contributed by atoms with Gasteiger partial charge in [-0.3, -0.25) is 14.9 Å². The Bertz CT molecular complexity index is 1840. The summed E-state index contributed by atoms with van der Waals surface area (Å²) in [6, 6.07) is 24.4. The van der Waals surface area contributed by atoms with Crippen molar-refractivity contribution in [2.45, 2.75) is 20.5 Å². The summed E-state index contributed by atoms with van der Waals surface area (Å²) in [6.07, 6.45) is 1.26. The zero-order valence-electron chi connectivity index (χ0n) is 23.5. The minimum atomic E-state index is -0.742. The van der Waals surface area contributed by atoms with Crippen LogP contribution in [0.2, 0.25) is 5.02 Å². The van der Waals surface area contributed by atoms with E-state index >= 15 is 0 Å². The molecular formula is C32H25ClN4O7. The molecule has 222 valence electrons. The number of hydrogen-bond acceptors (Lipinski definition) is 8. The molecule has 2 heterocycles. The van der Waals surface area contributed by atoms with E-state index in [1.807, 2.05) is 38.1 Å². The Hall–Kier alpha value is -5.68. The van der Waals surface area contributed by atoms with E-state index in [0.717, 1.165) is 17.1 Å². The van der Waals surface area contributed by atoms with E-state index in [4.69, 9.17) is 25.5 Å². The first-order valence-electron chi connectivity index (χ1n) is 13.2. The largest absolute Gasteiger partial charge is 0.486 e. The average molecular weight is 613 g/mol. The second kappa shape index (κ2) is 13.1. The van der Waals surface area contributed by atoms with Crippen LogP contribution in [0.1, 0.15) is 43.6 Å². The number of aromatic nitrogens is 1. The lowest BCUT2D eigenvalue weighted by molar-refractivity contribution is -0.384. The van der Waals surface area contributed by atoms with Gasteiger partial charge >= 0.3 is 11.9 Å². The number of carbonyl (C=O) groups excluding carboxylic acids is 2. The summed E-state index contributed by atoms with van der Waals surface area (Å²) in [5.74, 6) is -0.134. The molecule has 0 bridgehead atoms. The molecule has 0 aliphatic rings. The van der Waals surface area contributed by atoms with Gasteiger partial charge in [0, 0.05) is 39.8 Å². The summed E-state index contributed by atoms with van der Waals surface area (Å²) in [5, 5.41) is 15.1. The third-order valence-corrected chi connectivity index (χ3v) is 6.73. The van der Waals surface area contributed by atoms with Gasteiger partial charge in [0.25, 0.3) is 5.69 Å². The number of nitro groups is 1. The zero-order valence-corrected chi connectivity index (χ0v) is 24.3. The Kier molecular flexibility index (Phi) is 8.87. The molecule has 1 N–H and O–H groups in total. The quantitative estimate of drug-likeness (QED) is 0.0601. The number of furan rings is 1. The Morgan fingerprint density at radius 3 is 2.36 bits per heavy atom. The third kappa shape index (κ3) is 7.02. The molecule has 11 nitrogen and oxygen atoms in total. The first kappa shape index (κ1) is 29.8. The van der Waals surface area contributed by atoms with Crippen LogP contribution in [0.5, 0.6) is 11.5 Å². The molecule has 12 heteroatoms. The summed E-state index contributed by atoms with van der Waals surface area (Å²) in [7, 11) is 0. The van der Waals surface area contributed by atoms with E-state index in [1.54, 1.807) is 6.07 Å². The summed E-state index contributed by atoms with van der Waals surface area (Å²) < 4.78 is 19.0. The molecule has 1 amide bonds. The number of amides is 1. The number of nitrogens with one attached hydrogen (secondary N) is 1. The lowest BCUT2D eigenvalue weighted by Gasteiger charge is -2.10. The number of ether oxygens (including phenoxy) is 2. The van der Waals surface area contributed by atoms with Gasteiger partial charge in [-0.15, -0.1) is 0 Å². The molecule has 44 heavy (non-hydrogen) atoms. The lowest BCUT2D eigenvalue weighted by atomic mass is 10.2. The van der Waals surface area contributed by atoms with Crippen molar-refractivity contribution in [1.82, 2.24) is 9.99 Å². The summed E-state index contributed by atoms with van der Waals surface area (Å²) >= 11 is 6.09. The first-order valence-corrected chi connectivity index (χ1v) is 13.6. The van der Waals surface area contributed by atoms with Crippen LogP contribution >= 0.6 is 11.6 Å². The minimum absolute atomic E-state index is 0.0190. The number of esters is 1. The van der Waals surface area contributed by atoms with Gasteiger partial charge in [-0.05, 0) is 92.7 Å². The molecule has 0 saturated carbocycles. The van der Waals surface area contributed by atoms with Gasteiger partial charge in [-0.25, -0.2) is 10.2 Å². The second-order valence-corrected chi connectivity index (χ2v) is 10.0. The predicted octanol–water partition coefficient (Wildman–Crippen LogP) is 6.81. The van der Waals surface area contributed by atoms with Crippen molar-refractivity contribution in [2.24, 2.45) is 5.10 Å². The smallest absolute Gasteiger partial charge is 0.343 e. The molecule has 0 aliphatic heterocycles. The van der Waals surface area contributed by atoms with E-state index in [-0.39, 0.29) is 29.4 Å². The van der Waals surface area contributed by atoms with Crippen LogP contribution in [0.25, 0.3) is 5.69 Å². The van der Waals surface area contributed by atoms with E-state index in [2.05, 4.69) is 27.2 Å². The Morgan fingerprint density at radius 2 is 1.68 bits per heavy atom. The molecule has 3 aromatic carbocycles. The van der Waals surface area contributed by atoms with Gasteiger partial charge in [-0.2, -0.15) is 5.10 Å². The van der Waals surface area contributed by atoms with Gasteiger partial charge in [0.2, 0.25) is 0 Å². The zero-order chi connectivity index (χ0) is 31.2. The topological polar surface area (TPSA) is 138 Å². The molecule has 0 spiro atoms. The number of rotatable bonds is 10. The van der Waals surface area contributed by atoms with Gasteiger partial charge in [-0.1, -0.05) is 11.6 Å². The number of nitrogens with zero attached hydrogens (tertiary/aromatic N) is 3. The monoisotopic (exact) mass is 612 g/mol. The molecule has 2 aromatic heterocycles. The molecule has 0 atom stereocenters. The maximum Gasteiger partial charge on any atom is 0.343 e. The number of hydrazone groups is 1. The highest BCUT2D eigenvalue weighted by atomic mass is 35.5. The number of halogens is 1. The predicted molar refractivity (Wildman–Crippen MR) is 163 cm³/mol. The molecule has 0 saturated heterocycles. The second-order valence-electron chi connectivity index (χ2n) is 9.57. The van der Waals surface area contributed by atoms with Crippen LogP contribution in [-0.2, 0) is 6.61 Å². The maximum absolute atomic E-state index is 12.6. The number of hydrogen-bond donors (Lipinski definition) is 1. The van der Waals surface area contributed by atoms with Crippen molar-refractivity contribution in [3.8, 4) is 17.2 Å². The standard InChI is InChI=1S/C32H25ClN4O7/c1-20-3-4-21(2)36(20)25-10-12-27(13-11-25)42-19-28-14-16-30(43-28)31(38)35-34-18-23-17-24(33)7-15-29(23)44-32(39)22-5-8-26(9-6-22)37(40)41/h3-18H,19H2,1-2H3,(H,35,38)/b34-18+. The fourth-order valence-electron chi connectivity index (χ4n) is 4.31. The fourth-order valence-corrected chi connectivity index (χ4v) is 4.49.